The van der Waals surface area contributed by atoms with Gasteiger partial charge in [0.15, 0.2) is 0 Å². The molecule has 2 aromatic carbocycles. The molecule has 0 bridgehead atoms. The molecule has 0 aromatic heterocycles. The van der Waals surface area contributed by atoms with E-state index >= 15 is 0 Å². The van der Waals surface area contributed by atoms with Gasteiger partial charge >= 0.3 is 6.18 Å². The van der Waals surface area contributed by atoms with Crippen LogP contribution in [-0.2, 0) is 17.5 Å². The maximum atomic E-state index is 12.9. The van der Waals surface area contributed by atoms with Crippen molar-refractivity contribution in [2.24, 2.45) is 0 Å². The first-order chi connectivity index (χ1) is 12.9. The zero-order valence-corrected chi connectivity index (χ0v) is 15.0. The maximum Gasteiger partial charge on any atom is 0.416 e. The summed E-state index contributed by atoms with van der Waals surface area (Å²) < 4.78 is 55.2. The molecule has 3 rings (SSSR count). The molecule has 7 heteroatoms. The van der Waals surface area contributed by atoms with Crippen LogP contribution in [0.25, 0.3) is 0 Å². The molecule has 0 aliphatic carbocycles. The number of ether oxygens (including phenoxy) is 3. The number of rotatable bonds is 6. The summed E-state index contributed by atoms with van der Waals surface area (Å²) in [7, 11) is 1.60. The van der Waals surface area contributed by atoms with Crippen LogP contribution in [0.2, 0.25) is 0 Å². The Morgan fingerprint density at radius 2 is 1.85 bits per heavy atom. The van der Waals surface area contributed by atoms with Gasteiger partial charge in [-0.3, -0.25) is 4.90 Å². The number of hydrogen-bond donors (Lipinski definition) is 0. The van der Waals surface area contributed by atoms with E-state index in [-0.39, 0.29) is 6.10 Å². The van der Waals surface area contributed by atoms with E-state index in [0.29, 0.717) is 38.4 Å². The topological polar surface area (TPSA) is 30.9 Å². The summed E-state index contributed by atoms with van der Waals surface area (Å²) in [5.41, 5.74) is 0.0224. The Kier molecular flexibility index (Phi) is 6.23. The fourth-order valence-corrected chi connectivity index (χ4v) is 2.99. The van der Waals surface area contributed by atoms with Crippen molar-refractivity contribution in [3.8, 4) is 11.5 Å². The predicted octanol–water partition coefficient (Wildman–Crippen LogP) is 3.99. The number of morpholine rings is 1. The number of halogens is 3. The average molecular weight is 381 g/mol. The number of hydrogen-bond acceptors (Lipinski definition) is 4. The van der Waals surface area contributed by atoms with Gasteiger partial charge in [-0.05, 0) is 35.9 Å². The molecule has 0 N–H and O–H groups in total. The molecule has 1 aliphatic heterocycles. The van der Waals surface area contributed by atoms with Crippen molar-refractivity contribution >= 4 is 0 Å². The van der Waals surface area contributed by atoms with Crippen LogP contribution in [0.4, 0.5) is 13.2 Å². The number of nitrogens with zero attached hydrogens (tertiary/aromatic N) is 1. The monoisotopic (exact) mass is 381 g/mol. The molecule has 0 radical (unpaired) electrons. The molecule has 0 saturated carbocycles. The molecule has 1 unspecified atom stereocenters. The highest BCUT2D eigenvalue weighted by Gasteiger charge is 2.30. The van der Waals surface area contributed by atoms with Gasteiger partial charge in [-0.2, -0.15) is 13.2 Å². The third-order valence-electron chi connectivity index (χ3n) is 4.38. The van der Waals surface area contributed by atoms with Gasteiger partial charge in [-0.25, -0.2) is 0 Å². The third kappa shape index (κ3) is 5.61. The molecule has 27 heavy (non-hydrogen) atoms. The summed E-state index contributed by atoms with van der Waals surface area (Å²) in [6.45, 7) is 2.63. The minimum atomic E-state index is -4.32. The van der Waals surface area contributed by atoms with E-state index in [0.717, 1.165) is 17.6 Å². The molecule has 1 saturated heterocycles. The summed E-state index contributed by atoms with van der Waals surface area (Å²) in [5, 5.41) is 0. The van der Waals surface area contributed by atoms with E-state index in [2.05, 4.69) is 4.90 Å². The van der Waals surface area contributed by atoms with Gasteiger partial charge in [-0.1, -0.05) is 18.2 Å². The second-order valence-corrected chi connectivity index (χ2v) is 6.41. The lowest BCUT2D eigenvalue weighted by Crippen LogP contribution is -2.44. The first kappa shape index (κ1) is 19.5. The van der Waals surface area contributed by atoms with Gasteiger partial charge in [0, 0.05) is 19.6 Å². The van der Waals surface area contributed by atoms with E-state index in [1.165, 1.54) is 12.1 Å². The van der Waals surface area contributed by atoms with E-state index in [9.17, 15) is 13.2 Å². The van der Waals surface area contributed by atoms with E-state index in [4.69, 9.17) is 14.2 Å². The van der Waals surface area contributed by atoms with Gasteiger partial charge < -0.3 is 14.2 Å². The predicted molar refractivity (Wildman–Crippen MR) is 95.0 cm³/mol. The lowest BCUT2D eigenvalue weighted by molar-refractivity contribution is -0.137. The second-order valence-electron chi connectivity index (χ2n) is 6.41. The molecule has 1 heterocycles. The third-order valence-corrected chi connectivity index (χ3v) is 4.38. The Labute approximate surface area is 156 Å². The van der Waals surface area contributed by atoms with Gasteiger partial charge in [0.05, 0.1) is 19.3 Å². The molecular weight excluding hydrogens is 359 g/mol. The highest BCUT2D eigenvalue weighted by molar-refractivity contribution is 5.31. The lowest BCUT2D eigenvalue weighted by atomic mass is 10.1. The van der Waals surface area contributed by atoms with Crippen molar-refractivity contribution < 1.29 is 27.4 Å². The molecular formula is C20H22F3NO3. The first-order valence-corrected chi connectivity index (χ1v) is 8.71. The Balaban J connectivity index is 1.53. The maximum absolute atomic E-state index is 12.9. The van der Waals surface area contributed by atoms with Crippen LogP contribution < -0.4 is 9.47 Å². The fourth-order valence-electron chi connectivity index (χ4n) is 2.99. The van der Waals surface area contributed by atoms with Crippen molar-refractivity contribution in [1.29, 1.82) is 0 Å². The van der Waals surface area contributed by atoms with Crippen molar-refractivity contribution in [3.63, 3.8) is 0 Å². The lowest BCUT2D eigenvalue weighted by Gasteiger charge is -2.32. The van der Waals surface area contributed by atoms with E-state index in [1.54, 1.807) is 13.2 Å². The van der Waals surface area contributed by atoms with Crippen LogP contribution in [0.3, 0.4) is 0 Å². The molecule has 146 valence electrons. The zero-order valence-electron chi connectivity index (χ0n) is 15.0. The molecule has 1 aliphatic rings. The van der Waals surface area contributed by atoms with Crippen molar-refractivity contribution in [3.05, 3.63) is 59.7 Å². The largest absolute Gasteiger partial charge is 0.497 e. The molecule has 1 fully saturated rings. The summed E-state index contributed by atoms with van der Waals surface area (Å²) in [5.74, 6) is 1.47. The minimum absolute atomic E-state index is 0.133. The molecule has 2 aromatic rings. The summed E-state index contributed by atoms with van der Waals surface area (Å²) in [6, 6.07) is 12.7. The number of methoxy groups -OCH3 is 1. The highest BCUT2D eigenvalue weighted by atomic mass is 19.4. The second kappa shape index (κ2) is 8.63. The Morgan fingerprint density at radius 3 is 2.56 bits per heavy atom. The minimum Gasteiger partial charge on any atom is -0.497 e. The average Bonchev–Trinajstić information content (AvgIpc) is 2.67. The van der Waals surface area contributed by atoms with Gasteiger partial charge in [-0.15, -0.1) is 0 Å². The Bertz CT molecular complexity index is 734. The van der Waals surface area contributed by atoms with Gasteiger partial charge in [0.2, 0.25) is 0 Å². The summed E-state index contributed by atoms with van der Waals surface area (Å²) in [6.07, 6.45) is -4.46. The molecule has 0 amide bonds. The Hall–Kier alpha value is -2.25. The van der Waals surface area contributed by atoms with Crippen LogP contribution in [-0.4, -0.2) is 44.4 Å². The fraction of sp³-hybridized carbons (Fsp3) is 0.400. The standard InChI is InChI=1S/C20H22F3NO3/c1-25-17-5-7-18(8-6-17)27-14-19-13-24(9-10-26-19)12-15-3-2-4-16(11-15)20(21,22)23/h2-8,11,19H,9-10,12-14H2,1H3. The van der Waals surface area contributed by atoms with E-state index in [1.807, 2.05) is 24.3 Å². The summed E-state index contributed by atoms with van der Waals surface area (Å²) in [4.78, 5) is 2.08. The molecule has 4 nitrogen and oxygen atoms in total. The normalized spacial score (nSPS) is 18.3. The molecule has 0 spiro atoms. The summed E-state index contributed by atoms with van der Waals surface area (Å²) >= 11 is 0. The van der Waals surface area contributed by atoms with Crippen LogP contribution in [0.1, 0.15) is 11.1 Å². The van der Waals surface area contributed by atoms with Gasteiger partial charge in [0.1, 0.15) is 24.2 Å². The van der Waals surface area contributed by atoms with Crippen LogP contribution in [0, 0.1) is 0 Å². The van der Waals surface area contributed by atoms with Gasteiger partial charge in [0.25, 0.3) is 0 Å². The van der Waals surface area contributed by atoms with Crippen LogP contribution >= 0.6 is 0 Å². The number of benzene rings is 2. The first-order valence-electron chi connectivity index (χ1n) is 8.71. The van der Waals surface area contributed by atoms with Crippen LogP contribution in [0.15, 0.2) is 48.5 Å². The van der Waals surface area contributed by atoms with Crippen molar-refractivity contribution in [2.45, 2.75) is 18.8 Å². The SMILES string of the molecule is COc1ccc(OCC2CN(Cc3cccc(C(F)(F)F)c3)CCO2)cc1. The molecule has 1 atom stereocenters. The van der Waals surface area contributed by atoms with Crippen LogP contribution in [0.5, 0.6) is 11.5 Å². The smallest absolute Gasteiger partial charge is 0.416 e. The quantitative estimate of drug-likeness (QED) is 0.757. The Morgan fingerprint density at radius 1 is 1.11 bits per heavy atom. The van der Waals surface area contributed by atoms with E-state index < -0.39 is 11.7 Å². The highest BCUT2D eigenvalue weighted by Crippen LogP contribution is 2.30. The van der Waals surface area contributed by atoms with Crippen molar-refractivity contribution in [1.82, 2.24) is 4.90 Å². The van der Waals surface area contributed by atoms with Crippen molar-refractivity contribution in [2.75, 3.05) is 33.4 Å². The zero-order chi connectivity index (χ0) is 19.3. The number of alkyl halides is 3.